The van der Waals surface area contributed by atoms with Crippen molar-refractivity contribution in [3.8, 4) is 10.6 Å². The molecule has 6 nitrogen and oxygen atoms in total. The molecule has 158 valence electrons. The summed E-state index contributed by atoms with van der Waals surface area (Å²) in [5.41, 5.74) is 1.47. The summed E-state index contributed by atoms with van der Waals surface area (Å²) in [4.78, 5) is 16.9. The maximum Gasteiger partial charge on any atom is 0.417 e. The van der Waals surface area contributed by atoms with E-state index in [1.165, 1.54) is 35.6 Å². The second-order valence-electron chi connectivity index (χ2n) is 5.98. The lowest BCUT2D eigenvalue weighted by Gasteiger charge is -2.14. The number of alkyl halides is 3. The highest BCUT2D eigenvalue weighted by molar-refractivity contribution is 7.89. The molecule has 0 fully saturated rings. The van der Waals surface area contributed by atoms with Crippen LogP contribution in [0.3, 0.4) is 0 Å². The highest BCUT2D eigenvalue weighted by atomic mass is 32.2. The van der Waals surface area contributed by atoms with Gasteiger partial charge in [-0.1, -0.05) is 12.1 Å². The molecule has 0 saturated carbocycles. The second kappa shape index (κ2) is 8.50. The number of hydrogen-bond donors (Lipinski definition) is 2. The van der Waals surface area contributed by atoms with Gasteiger partial charge in [-0.15, -0.1) is 16.2 Å². The summed E-state index contributed by atoms with van der Waals surface area (Å²) < 4.78 is 76.5. The van der Waals surface area contributed by atoms with Gasteiger partial charge < -0.3 is 0 Å². The fourth-order valence-electron chi connectivity index (χ4n) is 2.44. The van der Waals surface area contributed by atoms with Gasteiger partial charge in [-0.05, 0) is 36.4 Å². The molecule has 0 aliphatic heterocycles. The Morgan fingerprint density at radius 3 is 2.40 bits per heavy atom. The van der Waals surface area contributed by atoms with Gasteiger partial charge in [0.05, 0.1) is 22.6 Å². The number of hydrogen-bond acceptors (Lipinski definition) is 5. The van der Waals surface area contributed by atoms with E-state index < -0.39 is 38.4 Å². The molecule has 0 atom stereocenters. The van der Waals surface area contributed by atoms with Crippen LogP contribution in [-0.4, -0.2) is 19.3 Å². The minimum absolute atomic E-state index is 0.312. The molecule has 0 spiro atoms. The van der Waals surface area contributed by atoms with Crippen LogP contribution in [0.5, 0.6) is 0 Å². The van der Waals surface area contributed by atoms with Gasteiger partial charge in [0, 0.05) is 10.9 Å². The molecule has 0 aliphatic carbocycles. The minimum Gasteiger partial charge on any atom is -0.277 e. The molecule has 30 heavy (non-hydrogen) atoms. The summed E-state index contributed by atoms with van der Waals surface area (Å²) in [5.74, 6) is -1.23. The monoisotopic (exact) mass is 459 g/mol. The third kappa shape index (κ3) is 5.20. The van der Waals surface area contributed by atoms with Crippen molar-refractivity contribution in [1.29, 1.82) is 0 Å². The van der Waals surface area contributed by atoms with Crippen LogP contribution >= 0.6 is 11.3 Å². The Balaban J connectivity index is 1.66. The van der Waals surface area contributed by atoms with Crippen LogP contribution in [0.25, 0.3) is 10.6 Å². The lowest BCUT2D eigenvalue weighted by atomic mass is 10.2. The highest BCUT2D eigenvalue weighted by Crippen LogP contribution is 2.33. The Kier molecular flexibility index (Phi) is 6.19. The zero-order valence-corrected chi connectivity index (χ0v) is 16.5. The van der Waals surface area contributed by atoms with E-state index in [4.69, 9.17) is 0 Å². The van der Waals surface area contributed by atoms with Crippen LogP contribution in [0.15, 0.2) is 58.8 Å². The Morgan fingerprint density at radius 1 is 1.07 bits per heavy atom. The van der Waals surface area contributed by atoms with Crippen molar-refractivity contribution in [3.05, 3.63) is 71.0 Å². The summed E-state index contributed by atoms with van der Waals surface area (Å²) in [5, 5.41) is 2.09. The van der Waals surface area contributed by atoms with Gasteiger partial charge in [0.2, 0.25) is 5.91 Å². The molecule has 0 radical (unpaired) electrons. The van der Waals surface area contributed by atoms with Crippen molar-refractivity contribution >= 4 is 27.3 Å². The number of benzene rings is 2. The average molecular weight is 459 g/mol. The number of amides is 1. The van der Waals surface area contributed by atoms with Crippen molar-refractivity contribution in [2.24, 2.45) is 0 Å². The highest BCUT2D eigenvalue weighted by Gasteiger charge is 2.36. The van der Waals surface area contributed by atoms with Crippen molar-refractivity contribution in [3.63, 3.8) is 0 Å². The number of carbonyl (C=O) groups excluding carboxylic acids is 1. The third-order valence-corrected chi connectivity index (χ3v) is 6.04. The van der Waals surface area contributed by atoms with E-state index in [1.54, 1.807) is 10.2 Å². The summed E-state index contributed by atoms with van der Waals surface area (Å²) in [6.07, 6.45) is -5.20. The first-order valence-corrected chi connectivity index (χ1v) is 10.6. The fraction of sp³-hybridized carbons (Fsp3) is 0.111. The van der Waals surface area contributed by atoms with E-state index in [9.17, 15) is 30.8 Å². The number of sulfonamides is 1. The van der Waals surface area contributed by atoms with E-state index in [-0.39, 0.29) is 6.42 Å². The maximum absolute atomic E-state index is 13.0. The topological polar surface area (TPSA) is 88.2 Å². The van der Waals surface area contributed by atoms with Crippen LogP contribution in [-0.2, 0) is 27.4 Å². The molecule has 0 unspecified atom stereocenters. The number of aromatic nitrogens is 1. The number of nitrogens with zero attached hydrogens (tertiary/aromatic N) is 1. The maximum atomic E-state index is 13.0. The number of hydrazine groups is 1. The summed E-state index contributed by atoms with van der Waals surface area (Å²) in [6, 6.07) is 9.16. The summed E-state index contributed by atoms with van der Waals surface area (Å²) in [7, 11) is -4.66. The third-order valence-electron chi connectivity index (χ3n) is 3.79. The molecular weight excluding hydrogens is 446 g/mol. The van der Waals surface area contributed by atoms with Crippen LogP contribution in [0.2, 0.25) is 0 Å². The largest absolute Gasteiger partial charge is 0.417 e. The van der Waals surface area contributed by atoms with Crippen molar-refractivity contribution < 1.29 is 30.8 Å². The van der Waals surface area contributed by atoms with E-state index in [1.807, 2.05) is 5.43 Å². The van der Waals surface area contributed by atoms with Gasteiger partial charge in [-0.2, -0.15) is 13.2 Å². The molecule has 1 amide bonds. The smallest absolute Gasteiger partial charge is 0.277 e. The fourth-order valence-corrected chi connectivity index (χ4v) is 4.35. The van der Waals surface area contributed by atoms with E-state index in [0.29, 0.717) is 22.3 Å². The van der Waals surface area contributed by atoms with Crippen molar-refractivity contribution in [2.45, 2.75) is 17.5 Å². The van der Waals surface area contributed by atoms with Crippen LogP contribution < -0.4 is 10.3 Å². The molecule has 0 saturated heterocycles. The van der Waals surface area contributed by atoms with Crippen LogP contribution in [0, 0.1) is 5.82 Å². The molecule has 2 aromatic carbocycles. The molecule has 3 aromatic rings. The van der Waals surface area contributed by atoms with Gasteiger partial charge >= 0.3 is 6.18 Å². The minimum atomic E-state index is -4.88. The number of thiazole rings is 1. The van der Waals surface area contributed by atoms with Gasteiger partial charge in [-0.25, -0.2) is 17.8 Å². The van der Waals surface area contributed by atoms with E-state index in [2.05, 4.69) is 4.98 Å². The predicted octanol–water partition coefficient (Wildman–Crippen LogP) is 3.52. The average Bonchev–Trinajstić information content (AvgIpc) is 3.15. The second-order valence-corrected chi connectivity index (χ2v) is 8.48. The molecule has 1 heterocycles. The van der Waals surface area contributed by atoms with E-state index >= 15 is 0 Å². The normalized spacial score (nSPS) is 12.0. The number of carbonyl (C=O) groups is 1. The quantitative estimate of drug-likeness (QED) is 0.436. The first-order chi connectivity index (χ1) is 14.1. The van der Waals surface area contributed by atoms with Crippen molar-refractivity contribution in [2.75, 3.05) is 0 Å². The molecule has 12 heteroatoms. The zero-order chi connectivity index (χ0) is 21.9. The Morgan fingerprint density at radius 2 is 1.73 bits per heavy atom. The molecule has 3 rings (SSSR count). The van der Waals surface area contributed by atoms with Crippen LogP contribution in [0.1, 0.15) is 11.3 Å². The lowest BCUT2D eigenvalue weighted by molar-refractivity contribution is -0.139. The number of rotatable bonds is 6. The lowest BCUT2D eigenvalue weighted by Crippen LogP contribution is -2.42. The summed E-state index contributed by atoms with van der Waals surface area (Å²) >= 11 is 1.20. The Hall–Kier alpha value is -2.83. The Labute approximate surface area is 172 Å². The molecular formula is C18H13F4N3O3S2. The van der Waals surface area contributed by atoms with Gasteiger partial charge in [-0.3, -0.25) is 10.2 Å². The summed E-state index contributed by atoms with van der Waals surface area (Å²) in [6.45, 7) is 0. The van der Waals surface area contributed by atoms with E-state index in [0.717, 1.165) is 18.2 Å². The molecule has 0 bridgehead atoms. The van der Waals surface area contributed by atoms with Gasteiger partial charge in [0.1, 0.15) is 10.8 Å². The standard InChI is InChI=1S/C18H13F4N3O3S2/c19-12-7-5-11(6-8-12)17-23-13(10-29-17)9-16(26)24-25-30(27,28)15-4-2-1-3-14(15)18(20,21)22/h1-8,10,25H,9H2,(H,24,26). The molecule has 0 aliphatic rings. The molecule has 2 N–H and O–H groups in total. The molecule has 1 aromatic heterocycles. The predicted molar refractivity (Wildman–Crippen MR) is 101 cm³/mol. The zero-order valence-electron chi connectivity index (χ0n) is 14.9. The van der Waals surface area contributed by atoms with Gasteiger partial charge in [0.25, 0.3) is 10.0 Å². The SMILES string of the molecule is O=C(Cc1csc(-c2ccc(F)cc2)n1)NNS(=O)(=O)c1ccccc1C(F)(F)F. The van der Waals surface area contributed by atoms with Crippen LogP contribution in [0.4, 0.5) is 17.6 Å². The number of halogens is 4. The van der Waals surface area contributed by atoms with Gasteiger partial charge in [0.15, 0.2) is 0 Å². The first kappa shape index (κ1) is 21.9. The number of nitrogens with one attached hydrogen (secondary N) is 2. The Bertz CT molecular complexity index is 1160. The van der Waals surface area contributed by atoms with Crippen molar-refractivity contribution in [1.82, 2.24) is 15.2 Å². The first-order valence-electron chi connectivity index (χ1n) is 8.23.